The van der Waals surface area contributed by atoms with Gasteiger partial charge in [0.1, 0.15) is 12.4 Å². The quantitative estimate of drug-likeness (QED) is 0.799. The number of amides is 1. The van der Waals surface area contributed by atoms with Gasteiger partial charge in [0.25, 0.3) is 0 Å². The molecule has 134 valence electrons. The van der Waals surface area contributed by atoms with E-state index >= 15 is 0 Å². The first-order valence-electron chi connectivity index (χ1n) is 8.53. The van der Waals surface area contributed by atoms with E-state index in [4.69, 9.17) is 9.47 Å². The highest BCUT2D eigenvalue weighted by molar-refractivity contribution is 5.73. The van der Waals surface area contributed by atoms with E-state index in [-0.39, 0.29) is 18.1 Å². The summed E-state index contributed by atoms with van der Waals surface area (Å²) in [5.74, 6) is 1.39. The van der Waals surface area contributed by atoms with Gasteiger partial charge in [-0.25, -0.2) is 4.98 Å². The normalized spacial score (nSPS) is 11.9. The van der Waals surface area contributed by atoms with Gasteiger partial charge in [-0.05, 0) is 50.5 Å². The van der Waals surface area contributed by atoms with E-state index in [1.165, 1.54) is 12.5 Å². The van der Waals surface area contributed by atoms with Crippen molar-refractivity contribution in [2.75, 3.05) is 6.61 Å². The number of ether oxygens (including phenoxy) is 2. The van der Waals surface area contributed by atoms with Crippen LogP contribution in [0, 0.1) is 0 Å². The number of carbonyl (C=O) groups is 1. The highest BCUT2D eigenvalue weighted by atomic mass is 16.5. The van der Waals surface area contributed by atoms with Crippen LogP contribution in [0.2, 0.25) is 0 Å². The maximum absolute atomic E-state index is 11.0. The number of rotatable bonds is 8. The fourth-order valence-electron chi connectivity index (χ4n) is 2.38. The van der Waals surface area contributed by atoms with Gasteiger partial charge < -0.3 is 14.8 Å². The van der Waals surface area contributed by atoms with Crippen molar-refractivity contribution in [1.29, 1.82) is 0 Å². The second kappa shape index (κ2) is 9.06. The van der Waals surface area contributed by atoms with Crippen molar-refractivity contribution in [3.05, 3.63) is 53.7 Å². The number of nitrogens with zero attached hydrogens (tertiary/aromatic N) is 1. The smallest absolute Gasteiger partial charge is 0.217 e. The van der Waals surface area contributed by atoms with Crippen molar-refractivity contribution in [3.63, 3.8) is 0 Å². The molecule has 1 N–H and O–H groups in total. The van der Waals surface area contributed by atoms with Gasteiger partial charge in [-0.2, -0.15) is 0 Å². The predicted octanol–water partition coefficient (Wildman–Crippen LogP) is 3.36. The maximum Gasteiger partial charge on any atom is 0.217 e. The molecule has 1 heterocycles. The van der Waals surface area contributed by atoms with Crippen molar-refractivity contribution >= 4 is 5.91 Å². The molecule has 2 rings (SSSR count). The number of aromatic nitrogens is 1. The third-order valence-corrected chi connectivity index (χ3v) is 3.44. The molecule has 2 aromatic rings. The predicted molar refractivity (Wildman–Crippen MR) is 98.0 cm³/mol. The Kier molecular flexibility index (Phi) is 6.81. The lowest BCUT2D eigenvalue weighted by atomic mass is 10.1. The summed E-state index contributed by atoms with van der Waals surface area (Å²) in [4.78, 5) is 15.3. The summed E-state index contributed by atoms with van der Waals surface area (Å²) < 4.78 is 11.2. The van der Waals surface area contributed by atoms with Crippen LogP contribution >= 0.6 is 0 Å². The molecule has 1 atom stereocenters. The Balaban J connectivity index is 1.86. The van der Waals surface area contributed by atoms with Gasteiger partial charge in [0.05, 0.1) is 12.1 Å². The molecular weight excluding hydrogens is 316 g/mol. The summed E-state index contributed by atoms with van der Waals surface area (Å²) in [5.41, 5.74) is 2.31. The Morgan fingerprint density at radius 1 is 1.08 bits per heavy atom. The minimum atomic E-state index is -0.0510. The number of carbonyl (C=O) groups excluding carboxylic acids is 1. The van der Waals surface area contributed by atoms with Crippen LogP contribution in [-0.4, -0.2) is 29.6 Å². The Labute approximate surface area is 149 Å². The second-order valence-electron chi connectivity index (χ2n) is 6.40. The van der Waals surface area contributed by atoms with E-state index in [0.29, 0.717) is 12.5 Å². The standard InChI is InChI=1S/C20H26N2O3/c1-14(2)25-20-10-7-18(12-21-20)11-17-5-8-19(9-6-17)24-13-15(3)22-16(4)23/h5-10,12,14-15H,11,13H2,1-4H3,(H,22,23). The van der Waals surface area contributed by atoms with Crippen LogP contribution in [0.5, 0.6) is 11.6 Å². The van der Waals surface area contributed by atoms with Crippen molar-refractivity contribution in [2.45, 2.75) is 46.3 Å². The Bertz CT molecular complexity index is 666. The molecule has 0 saturated carbocycles. The van der Waals surface area contributed by atoms with Crippen LogP contribution in [-0.2, 0) is 11.2 Å². The fourth-order valence-corrected chi connectivity index (χ4v) is 2.38. The third kappa shape index (κ3) is 6.83. The molecule has 25 heavy (non-hydrogen) atoms. The summed E-state index contributed by atoms with van der Waals surface area (Å²) in [6.07, 6.45) is 2.77. The molecule has 5 heteroatoms. The molecule has 0 spiro atoms. The summed E-state index contributed by atoms with van der Waals surface area (Å²) in [6, 6.07) is 11.9. The number of pyridine rings is 1. The molecule has 0 aliphatic carbocycles. The highest BCUT2D eigenvalue weighted by Crippen LogP contribution is 2.17. The SMILES string of the molecule is CC(=O)NC(C)COc1ccc(Cc2ccc(OC(C)C)nc2)cc1. The lowest BCUT2D eigenvalue weighted by molar-refractivity contribution is -0.119. The Hall–Kier alpha value is -2.56. The first-order chi connectivity index (χ1) is 11.9. The Morgan fingerprint density at radius 2 is 1.76 bits per heavy atom. The summed E-state index contributed by atoms with van der Waals surface area (Å²) >= 11 is 0. The van der Waals surface area contributed by atoms with E-state index in [0.717, 1.165) is 17.7 Å². The topological polar surface area (TPSA) is 60.5 Å². The van der Waals surface area contributed by atoms with E-state index < -0.39 is 0 Å². The molecule has 1 aromatic carbocycles. The zero-order valence-electron chi connectivity index (χ0n) is 15.3. The van der Waals surface area contributed by atoms with Gasteiger partial charge in [0.15, 0.2) is 0 Å². The van der Waals surface area contributed by atoms with Crippen LogP contribution < -0.4 is 14.8 Å². The van der Waals surface area contributed by atoms with E-state index in [9.17, 15) is 4.79 Å². The average Bonchev–Trinajstić information content (AvgIpc) is 2.55. The molecule has 0 fully saturated rings. The molecule has 0 radical (unpaired) electrons. The van der Waals surface area contributed by atoms with Gasteiger partial charge in [-0.15, -0.1) is 0 Å². The molecule has 1 aromatic heterocycles. The van der Waals surface area contributed by atoms with E-state index in [2.05, 4.69) is 10.3 Å². The number of hydrogen-bond acceptors (Lipinski definition) is 4. The molecule has 5 nitrogen and oxygen atoms in total. The first-order valence-corrected chi connectivity index (χ1v) is 8.53. The largest absolute Gasteiger partial charge is 0.491 e. The summed E-state index contributed by atoms with van der Waals surface area (Å²) in [7, 11) is 0. The number of nitrogens with one attached hydrogen (secondary N) is 1. The van der Waals surface area contributed by atoms with Crippen LogP contribution in [0.1, 0.15) is 38.8 Å². The highest BCUT2D eigenvalue weighted by Gasteiger charge is 2.05. The minimum Gasteiger partial charge on any atom is -0.491 e. The van der Waals surface area contributed by atoms with Crippen molar-refractivity contribution in [2.24, 2.45) is 0 Å². The molecule has 1 amide bonds. The lowest BCUT2D eigenvalue weighted by Crippen LogP contribution is -2.35. The van der Waals surface area contributed by atoms with E-state index in [1.54, 1.807) is 0 Å². The van der Waals surface area contributed by atoms with Gasteiger partial charge in [-0.3, -0.25) is 4.79 Å². The monoisotopic (exact) mass is 342 g/mol. The molecule has 0 aliphatic heterocycles. The van der Waals surface area contributed by atoms with Crippen LogP contribution in [0.25, 0.3) is 0 Å². The van der Waals surface area contributed by atoms with Gasteiger partial charge in [-0.1, -0.05) is 18.2 Å². The second-order valence-corrected chi connectivity index (χ2v) is 6.40. The van der Waals surface area contributed by atoms with Gasteiger partial charge in [0.2, 0.25) is 11.8 Å². The average molecular weight is 342 g/mol. The molecule has 1 unspecified atom stereocenters. The van der Waals surface area contributed by atoms with Crippen LogP contribution in [0.4, 0.5) is 0 Å². The molecular formula is C20H26N2O3. The zero-order chi connectivity index (χ0) is 18.2. The minimum absolute atomic E-state index is 0.0187. The number of benzene rings is 1. The summed E-state index contributed by atoms with van der Waals surface area (Å²) in [6.45, 7) is 7.82. The van der Waals surface area contributed by atoms with Crippen molar-refractivity contribution in [1.82, 2.24) is 10.3 Å². The first kappa shape index (κ1) is 18.8. The summed E-state index contributed by atoms with van der Waals surface area (Å²) in [5, 5.41) is 2.79. The molecule has 0 saturated heterocycles. The van der Waals surface area contributed by atoms with Crippen LogP contribution in [0.15, 0.2) is 42.6 Å². The fraction of sp³-hybridized carbons (Fsp3) is 0.400. The van der Waals surface area contributed by atoms with Crippen LogP contribution in [0.3, 0.4) is 0 Å². The van der Waals surface area contributed by atoms with Crippen molar-refractivity contribution in [3.8, 4) is 11.6 Å². The van der Waals surface area contributed by atoms with Crippen molar-refractivity contribution < 1.29 is 14.3 Å². The molecule has 0 aliphatic rings. The third-order valence-electron chi connectivity index (χ3n) is 3.44. The van der Waals surface area contributed by atoms with Gasteiger partial charge in [0, 0.05) is 19.2 Å². The Morgan fingerprint density at radius 3 is 2.32 bits per heavy atom. The molecule has 0 bridgehead atoms. The lowest BCUT2D eigenvalue weighted by Gasteiger charge is -2.14. The van der Waals surface area contributed by atoms with Gasteiger partial charge >= 0.3 is 0 Å². The maximum atomic E-state index is 11.0. The zero-order valence-corrected chi connectivity index (χ0v) is 15.3. The van der Waals surface area contributed by atoms with E-state index in [1.807, 2.05) is 63.4 Å². The number of hydrogen-bond donors (Lipinski definition) is 1.